The van der Waals surface area contributed by atoms with Crippen molar-refractivity contribution in [2.45, 2.75) is 46.1 Å². The highest BCUT2D eigenvalue weighted by molar-refractivity contribution is 5.41. The maximum atomic E-state index is 9.57. The molecule has 1 aromatic carbocycles. The minimum absolute atomic E-state index is 0.166. The molecule has 1 rings (SSSR count). The Morgan fingerprint density at radius 1 is 1.36 bits per heavy atom. The summed E-state index contributed by atoms with van der Waals surface area (Å²) in [6.45, 7) is 9.15. The number of aromatic hydroxyl groups is 1. The van der Waals surface area contributed by atoms with Crippen LogP contribution in [0.2, 0.25) is 0 Å². The number of phenolic OH excluding ortho intramolecular Hbond substituents is 1. The number of hydrogen-bond acceptors (Lipinski definition) is 3. The van der Waals surface area contributed by atoms with Gasteiger partial charge in [-0.3, -0.25) is 0 Å². The number of ether oxygens (including phenoxy) is 1. The van der Waals surface area contributed by atoms with Gasteiger partial charge in [-0.1, -0.05) is 38.6 Å². The molecular formula is C19H29NO2. The van der Waals surface area contributed by atoms with Crippen LogP contribution in [-0.4, -0.2) is 12.2 Å². The van der Waals surface area contributed by atoms with E-state index in [1.54, 1.807) is 13.2 Å². The lowest BCUT2D eigenvalue weighted by Gasteiger charge is -2.11. The van der Waals surface area contributed by atoms with Gasteiger partial charge in [-0.05, 0) is 49.3 Å². The van der Waals surface area contributed by atoms with Crippen LogP contribution in [-0.2, 0) is 6.54 Å². The minimum atomic E-state index is 0.166. The van der Waals surface area contributed by atoms with Crippen LogP contribution in [0.1, 0.15) is 45.1 Å². The zero-order chi connectivity index (χ0) is 16.4. The Bertz CT molecular complexity index is 492. The number of methoxy groups -OCH3 is 1. The second-order valence-electron chi connectivity index (χ2n) is 5.88. The maximum absolute atomic E-state index is 9.57. The molecule has 0 bridgehead atoms. The number of hydrogen-bond donors (Lipinski definition) is 2. The summed E-state index contributed by atoms with van der Waals surface area (Å²) in [7, 11) is 1.55. The Balaban J connectivity index is 2.23. The van der Waals surface area contributed by atoms with Gasteiger partial charge in [0.05, 0.1) is 7.11 Å². The largest absolute Gasteiger partial charge is 0.504 e. The topological polar surface area (TPSA) is 41.5 Å². The first-order valence-electron chi connectivity index (χ1n) is 7.97. The Morgan fingerprint density at radius 3 is 2.82 bits per heavy atom. The Hall–Kier alpha value is -1.90. The molecule has 0 spiro atoms. The van der Waals surface area contributed by atoms with E-state index < -0.39 is 0 Å². The number of phenols is 1. The van der Waals surface area contributed by atoms with Crippen LogP contribution in [0.15, 0.2) is 42.6 Å². The van der Waals surface area contributed by atoms with Gasteiger partial charge in [0, 0.05) is 12.2 Å². The van der Waals surface area contributed by atoms with Gasteiger partial charge in [0.15, 0.2) is 11.5 Å². The zero-order valence-corrected chi connectivity index (χ0v) is 14.1. The molecule has 3 nitrogen and oxygen atoms in total. The molecule has 0 saturated heterocycles. The van der Waals surface area contributed by atoms with Crippen LogP contribution in [0.25, 0.3) is 0 Å². The molecule has 1 aromatic rings. The number of benzene rings is 1. The zero-order valence-electron chi connectivity index (χ0n) is 14.1. The first-order valence-corrected chi connectivity index (χ1v) is 7.97. The molecule has 0 atom stereocenters. The standard InChI is InChI=1S/C19H29NO2/c1-15(2)9-7-5-6-8-10-16(3)20-14-17-11-12-18(21)19(13-17)22-4/h7,9,11-13,15,20-21H,3,5-6,8,10,14H2,1-2,4H3/b9-7+. The number of nitrogens with one attached hydrogen (secondary N) is 1. The molecule has 0 aliphatic rings. The van der Waals surface area contributed by atoms with Gasteiger partial charge in [0.1, 0.15) is 0 Å². The van der Waals surface area contributed by atoms with E-state index in [1.165, 1.54) is 6.42 Å². The highest BCUT2D eigenvalue weighted by Crippen LogP contribution is 2.26. The van der Waals surface area contributed by atoms with Crippen molar-refractivity contribution in [1.29, 1.82) is 0 Å². The van der Waals surface area contributed by atoms with Crippen molar-refractivity contribution >= 4 is 0 Å². The van der Waals surface area contributed by atoms with Crippen LogP contribution in [0.5, 0.6) is 11.5 Å². The predicted octanol–water partition coefficient (Wildman–Crippen LogP) is 4.78. The lowest BCUT2D eigenvalue weighted by molar-refractivity contribution is 0.373. The van der Waals surface area contributed by atoms with E-state index in [0.717, 1.165) is 30.5 Å². The number of allylic oxidation sites excluding steroid dienone is 3. The maximum Gasteiger partial charge on any atom is 0.160 e. The average molecular weight is 303 g/mol. The number of rotatable bonds is 10. The van der Waals surface area contributed by atoms with Crippen LogP contribution < -0.4 is 10.1 Å². The highest BCUT2D eigenvalue weighted by Gasteiger charge is 2.02. The molecule has 0 aliphatic heterocycles. The van der Waals surface area contributed by atoms with Crippen molar-refractivity contribution < 1.29 is 9.84 Å². The Kier molecular flexibility index (Phi) is 8.19. The molecule has 0 heterocycles. The molecule has 2 N–H and O–H groups in total. The summed E-state index contributed by atoms with van der Waals surface area (Å²) in [4.78, 5) is 0. The van der Waals surface area contributed by atoms with Crippen LogP contribution in [0.3, 0.4) is 0 Å². The van der Waals surface area contributed by atoms with Crippen LogP contribution >= 0.6 is 0 Å². The lowest BCUT2D eigenvalue weighted by Crippen LogP contribution is -2.11. The molecule has 0 saturated carbocycles. The summed E-state index contributed by atoms with van der Waals surface area (Å²) in [5.41, 5.74) is 2.12. The summed E-state index contributed by atoms with van der Waals surface area (Å²) in [5, 5.41) is 12.9. The summed E-state index contributed by atoms with van der Waals surface area (Å²) >= 11 is 0. The predicted molar refractivity (Wildman–Crippen MR) is 93.1 cm³/mol. The number of unbranched alkanes of at least 4 members (excludes halogenated alkanes) is 2. The quantitative estimate of drug-likeness (QED) is 0.483. The van der Waals surface area contributed by atoms with Crippen molar-refractivity contribution in [3.05, 3.63) is 48.2 Å². The van der Waals surface area contributed by atoms with Crippen LogP contribution in [0.4, 0.5) is 0 Å². The summed E-state index contributed by atoms with van der Waals surface area (Å²) in [6.07, 6.45) is 8.99. The van der Waals surface area contributed by atoms with E-state index in [9.17, 15) is 5.11 Å². The molecule has 22 heavy (non-hydrogen) atoms. The molecule has 0 amide bonds. The molecule has 0 aromatic heterocycles. The van der Waals surface area contributed by atoms with Gasteiger partial charge in [0.25, 0.3) is 0 Å². The fraction of sp³-hybridized carbons (Fsp3) is 0.474. The normalized spacial score (nSPS) is 11.1. The molecule has 0 radical (unpaired) electrons. The second kappa shape index (κ2) is 9.93. The van der Waals surface area contributed by atoms with Gasteiger partial charge in [-0.2, -0.15) is 0 Å². The highest BCUT2D eigenvalue weighted by atomic mass is 16.5. The third kappa shape index (κ3) is 7.21. The molecule has 3 heteroatoms. The Labute approximate surface area is 134 Å². The molecular weight excluding hydrogens is 274 g/mol. The summed E-state index contributed by atoms with van der Waals surface area (Å²) < 4.78 is 5.10. The van der Waals surface area contributed by atoms with E-state index in [-0.39, 0.29) is 5.75 Å². The fourth-order valence-electron chi connectivity index (χ4n) is 2.12. The third-order valence-corrected chi connectivity index (χ3v) is 3.41. The minimum Gasteiger partial charge on any atom is -0.504 e. The van der Waals surface area contributed by atoms with E-state index in [2.05, 4.69) is 37.9 Å². The lowest BCUT2D eigenvalue weighted by atomic mass is 10.1. The summed E-state index contributed by atoms with van der Waals surface area (Å²) in [6, 6.07) is 5.38. The van der Waals surface area contributed by atoms with E-state index in [0.29, 0.717) is 18.2 Å². The van der Waals surface area contributed by atoms with Gasteiger partial charge in [0.2, 0.25) is 0 Å². The van der Waals surface area contributed by atoms with Crippen molar-refractivity contribution in [3.63, 3.8) is 0 Å². The monoisotopic (exact) mass is 303 g/mol. The molecule has 0 fully saturated rings. The van der Waals surface area contributed by atoms with Crippen LogP contribution in [0, 0.1) is 5.92 Å². The van der Waals surface area contributed by atoms with Crippen molar-refractivity contribution in [3.8, 4) is 11.5 Å². The van der Waals surface area contributed by atoms with Gasteiger partial charge >= 0.3 is 0 Å². The smallest absolute Gasteiger partial charge is 0.160 e. The Morgan fingerprint density at radius 2 is 2.14 bits per heavy atom. The molecule has 122 valence electrons. The first-order chi connectivity index (χ1) is 10.5. The van der Waals surface area contributed by atoms with Gasteiger partial charge in [-0.25, -0.2) is 0 Å². The SMILES string of the molecule is C=C(CCCC/C=C/C(C)C)NCc1ccc(O)c(OC)c1. The molecule has 0 aliphatic carbocycles. The van der Waals surface area contributed by atoms with E-state index in [1.807, 2.05) is 12.1 Å². The van der Waals surface area contributed by atoms with E-state index in [4.69, 9.17) is 4.74 Å². The fourth-order valence-corrected chi connectivity index (χ4v) is 2.12. The van der Waals surface area contributed by atoms with Crippen molar-refractivity contribution in [1.82, 2.24) is 5.32 Å². The third-order valence-electron chi connectivity index (χ3n) is 3.41. The second-order valence-corrected chi connectivity index (χ2v) is 5.88. The van der Waals surface area contributed by atoms with Crippen molar-refractivity contribution in [2.24, 2.45) is 5.92 Å². The first kappa shape index (κ1) is 18.1. The summed E-state index contributed by atoms with van der Waals surface area (Å²) in [5.74, 6) is 1.31. The van der Waals surface area contributed by atoms with Gasteiger partial charge < -0.3 is 15.2 Å². The molecule has 0 unspecified atom stereocenters. The average Bonchev–Trinajstić information content (AvgIpc) is 2.49. The van der Waals surface area contributed by atoms with E-state index >= 15 is 0 Å². The van der Waals surface area contributed by atoms with Crippen molar-refractivity contribution in [2.75, 3.05) is 7.11 Å². The van der Waals surface area contributed by atoms with Gasteiger partial charge in [-0.15, -0.1) is 0 Å².